The summed E-state index contributed by atoms with van der Waals surface area (Å²) in [5.41, 5.74) is 0.372. The van der Waals surface area contributed by atoms with Crippen LogP contribution in [0.4, 0.5) is 4.39 Å². The molecule has 0 radical (unpaired) electrons. The summed E-state index contributed by atoms with van der Waals surface area (Å²) in [6.07, 6.45) is 1.98. The maximum atomic E-state index is 13.2. The minimum Gasteiger partial charge on any atom is -0.301 e. The quantitative estimate of drug-likeness (QED) is 0.516. The molecule has 3 rings (SSSR count). The third-order valence-corrected chi connectivity index (χ3v) is 7.03. The lowest BCUT2D eigenvalue weighted by atomic mass is 10.1. The van der Waals surface area contributed by atoms with E-state index in [-0.39, 0.29) is 28.8 Å². The highest BCUT2D eigenvalue weighted by molar-refractivity contribution is 7.90. The molecular weight excluding hydrogens is 469 g/mol. The number of sulfone groups is 1. The van der Waals surface area contributed by atoms with Crippen molar-refractivity contribution in [2.45, 2.75) is 36.0 Å². The molecule has 0 aliphatic rings. The number of benzene rings is 1. The number of pyridine rings is 1. The second kappa shape index (κ2) is 8.99. The van der Waals surface area contributed by atoms with Gasteiger partial charge >= 0.3 is 0 Å². The molecule has 0 fully saturated rings. The lowest BCUT2D eigenvalue weighted by molar-refractivity contribution is 0.509. The van der Waals surface area contributed by atoms with E-state index in [0.717, 1.165) is 12.5 Å². The molecule has 0 saturated heterocycles. The van der Waals surface area contributed by atoms with Gasteiger partial charge in [0.15, 0.2) is 5.82 Å². The molecule has 3 aromatic rings. The Labute approximate surface area is 184 Å². The van der Waals surface area contributed by atoms with Crippen LogP contribution in [0, 0.1) is 5.82 Å². The van der Waals surface area contributed by atoms with Gasteiger partial charge in [0, 0.05) is 29.9 Å². The van der Waals surface area contributed by atoms with Crippen molar-refractivity contribution in [2.24, 2.45) is 0 Å². The number of hydrogen-bond acceptors (Lipinski definition) is 7. The molecule has 2 aromatic heterocycles. The lowest BCUT2D eigenvalue weighted by Crippen LogP contribution is -2.32. The molecule has 31 heavy (non-hydrogen) atoms. The second-order valence-electron chi connectivity index (χ2n) is 6.66. The predicted molar refractivity (Wildman–Crippen MR) is 111 cm³/mol. The maximum absolute atomic E-state index is 13.2. The normalized spacial score (nSPS) is 13.3. The van der Waals surface area contributed by atoms with Gasteiger partial charge in [-0.05, 0) is 43.3 Å². The SMILES string of the molecule is CCn1c([C@@H](Cc2ccc(F)cn2)NS(=O)(=O)c2ccc(Cl)cc2)nnc1S(C)(=O)=O. The smallest absolute Gasteiger partial charge is 0.249 e. The standard InChI is InChI=1S/C18H19ClFN5O4S2/c1-3-25-17(22-23-18(25)30(2,26)27)16(10-14-7-6-13(20)11-21-14)24-31(28,29)15-8-4-12(19)5-9-15/h4-9,11,16,24H,3,10H2,1-2H3/t16-/m1/s1. The van der Waals surface area contributed by atoms with Gasteiger partial charge < -0.3 is 4.57 Å². The van der Waals surface area contributed by atoms with Crippen molar-refractivity contribution in [1.29, 1.82) is 0 Å². The van der Waals surface area contributed by atoms with E-state index in [1.54, 1.807) is 6.92 Å². The molecule has 2 heterocycles. The summed E-state index contributed by atoms with van der Waals surface area (Å²) in [5, 5.41) is 7.77. The fourth-order valence-corrected chi connectivity index (χ4v) is 5.05. The number of sulfonamides is 1. The summed E-state index contributed by atoms with van der Waals surface area (Å²) in [4.78, 5) is 3.92. The molecule has 1 N–H and O–H groups in total. The molecule has 0 aliphatic heterocycles. The Hall–Kier alpha value is -2.41. The van der Waals surface area contributed by atoms with Gasteiger partial charge in [-0.15, -0.1) is 10.2 Å². The largest absolute Gasteiger partial charge is 0.301 e. The Morgan fingerprint density at radius 1 is 1.10 bits per heavy atom. The molecule has 0 saturated carbocycles. The van der Waals surface area contributed by atoms with E-state index in [9.17, 15) is 21.2 Å². The lowest BCUT2D eigenvalue weighted by Gasteiger charge is -2.19. The summed E-state index contributed by atoms with van der Waals surface area (Å²) in [6, 6.07) is 7.12. The summed E-state index contributed by atoms with van der Waals surface area (Å²) < 4.78 is 67.1. The molecule has 1 atom stereocenters. The fraction of sp³-hybridized carbons (Fsp3) is 0.278. The van der Waals surface area contributed by atoms with E-state index in [0.29, 0.717) is 10.7 Å². The average Bonchev–Trinajstić information content (AvgIpc) is 3.14. The molecule has 1 aromatic carbocycles. The van der Waals surface area contributed by atoms with Crippen LogP contribution in [0.1, 0.15) is 24.5 Å². The van der Waals surface area contributed by atoms with Crippen LogP contribution >= 0.6 is 11.6 Å². The molecule has 13 heteroatoms. The Kier molecular flexibility index (Phi) is 6.74. The summed E-state index contributed by atoms with van der Waals surface area (Å²) in [6.45, 7) is 1.86. The van der Waals surface area contributed by atoms with Gasteiger partial charge in [-0.3, -0.25) is 4.98 Å². The average molecular weight is 488 g/mol. The van der Waals surface area contributed by atoms with E-state index in [1.807, 2.05) is 0 Å². The minimum atomic E-state index is -4.04. The van der Waals surface area contributed by atoms with Crippen molar-refractivity contribution in [3.63, 3.8) is 0 Å². The molecule has 166 valence electrons. The zero-order valence-corrected chi connectivity index (χ0v) is 18.9. The zero-order valence-electron chi connectivity index (χ0n) is 16.5. The first-order chi connectivity index (χ1) is 14.5. The minimum absolute atomic E-state index is 0.0189. The van der Waals surface area contributed by atoms with Gasteiger partial charge in [0.2, 0.25) is 25.0 Å². The first-order valence-corrected chi connectivity index (χ1v) is 12.8. The molecule has 9 nitrogen and oxygen atoms in total. The third-order valence-electron chi connectivity index (χ3n) is 4.33. The topological polar surface area (TPSA) is 124 Å². The Morgan fingerprint density at radius 3 is 2.32 bits per heavy atom. The molecule has 0 aliphatic carbocycles. The van der Waals surface area contributed by atoms with Crippen molar-refractivity contribution in [1.82, 2.24) is 24.5 Å². The molecular formula is C18H19ClFN5O4S2. The van der Waals surface area contributed by atoms with Gasteiger partial charge in [-0.1, -0.05) is 11.6 Å². The van der Waals surface area contributed by atoms with Crippen LogP contribution in [0.5, 0.6) is 0 Å². The van der Waals surface area contributed by atoms with Crippen molar-refractivity contribution in [3.05, 3.63) is 65.0 Å². The van der Waals surface area contributed by atoms with Crippen LogP contribution in [0.3, 0.4) is 0 Å². The van der Waals surface area contributed by atoms with E-state index in [4.69, 9.17) is 11.6 Å². The second-order valence-corrected chi connectivity index (χ2v) is 10.7. The fourth-order valence-electron chi connectivity index (χ4n) is 2.92. The first-order valence-electron chi connectivity index (χ1n) is 9.02. The first kappa shape index (κ1) is 23.3. The van der Waals surface area contributed by atoms with Gasteiger partial charge in [-0.2, -0.15) is 0 Å². The van der Waals surface area contributed by atoms with E-state index < -0.39 is 31.7 Å². The van der Waals surface area contributed by atoms with E-state index in [1.165, 1.54) is 41.0 Å². The molecule has 0 bridgehead atoms. The summed E-state index contributed by atoms with van der Waals surface area (Å²) in [7, 11) is -7.75. The number of aromatic nitrogens is 4. The van der Waals surface area contributed by atoms with Gasteiger partial charge in [0.05, 0.1) is 17.1 Å². The van der Waals surface area contributed by atoms with Crippen LogP contribution in [-0.2, 0) is 32.8 Å². The number of rotatable bonds is 8. The number of nitrogens with zero attached hydrogens (tertiary/aromatic N) is 4. The van der Waals surface area contributed by atoms with Crippen LogP contribution < -0.4 is 4.72 Å². The maximum Gasteiger partial charge on any atom is 0.249 e. The van der Waals surface area contributed by atoms with Crippen LogP contribution in [0.15, 0.2) is 52.6 Å². The highest BCUT2D eigenvalue weighted by atomic mass is 35.5. The Bertz CT molecular complexity index is 1280. The van der Waals surface area contributed by atoms with Gasteiger partial charge in [0.1, 0.15) is 5.82 Å². The van der Waals surface area contributed by atoms with E-state index in [2.05, 4.69) is 19.9 Å². The van der Waals surface area contributed by atoms with Crippen LogP contribution in [0.2, 0.25) is 5.02 Å². The summed E-state index contributed by atoms with van der Waals surface area (Å²) in [5.74, 6) is -0.454. The zero-order chi connectivity index (χ0) is 22.8. The van der Waals surface area contributed by atoms with Gasteiger partial charge in [0.25, 0.3) is 0 Å². The Morgan fingerprint density at radius 2 is 1.77 bits per heavy atom. The Balaban J connectivity index is 2.06. The monoisotopic (exact) mass is 487 g/mol. The third kappa shape index (κ3) is 5.45. The highest BCUT2D eigenvalue weighted by Crippen LogP contribution is 2.23. The van der Waals surface area contributed by atoms with Crippen LogP contribution in [-0.4, -0.2) is 42.8 Å². The molecule has 0 amide bonds. The number of hydrogen-bond donors (Lipinski definition) is 1. The number of nitrogens with one attached hydrogen (secondary N) is 1. The predicted octanol–water partition coefficient (Wildman–Crippen LogP) is 2.15. The van der Waals surface area contributed by atoms with Crippen molar-refractivity contribution in [3.8, 4) is 0 Å². The van der Waals surface area contributed by atoms with Crippen molar-refractivity contribution in [2.75, 3.05) is 6.26 Å². The van der Waals surface area contributed by atoms with Crippen molar-refractivity contribution >= 4 is 31.5 Å². The molecule has 0 unspecified atom stereocenters. The number of halogens is 2. The van der Waals surface area contributed by atoms with Crippen LogP contribution in [0.25, 0.3) is 0 Å². The summed E-state index contributed by atoms with van der Waals surface area (Å²) >= 11 is 5.84. The van der Waals surface area contributed by atoms with Crippen molar-refractivity contribution < 1.29 is 21.2 Å². The van der Waals surface area contributed by atoms with E-state index >= 15 is 0 Å². The highest BCUT2D eigenvalue weighted by Gasteiger charge is 2.29. The molecule has 0 spiro atoms. The van der Waals surface area contributed by atoms with Gasteiger partial charge in [-0.25, -0.2) is 25.9 Å².